The fourth-order valence-electron chi connectivity index (χ4n) is 0.248. The zero-order valence-electron chi connectivity index (χ0n) is 3.32. The molecule has 34 valence electrons. The Labute approximate surface area is 47.4 Å². The summed E-state index contributed by atoms with van der Waals surface area (Å²) in [5.41, 5.74) is 0. The molecule has 0 spiro atoms. The number of allylic oxidation sites excluding steroid dienone is 1. The first kappa shape index (κ1) is 4.30. The van der Waals surface area contributed by atoms with Gasteiger partial charge in [0.15, 0.2) is 0 Å². The van der Waals surface area contributed by atoms with Gasteiger partial charge in [-0.25, -0.2) is 0 Å². The first-order chi connectivity index (χ1) is 2.93. The third kappa shape index (κ3) is 0.616. The second kappa shape index (κ2) is 1.73. The first-order valence-electron chi connectivity index (χ1n) is 1.69. The van der Waals surface area contributed by atoms with E-state index in [2.05, 4.69) is 11.6 Å². The molecule has 0 saturated carbocycles. The van der Waals surface area contributed by atoms with Gasteiger partial charge in [0, 0.05) is 0 Å². The molecule has 6 heavy (non-hydrogen) atoms. The van der Waals surface area contributed by atoms with E-state index in [1.807, 2.05) is 6.08 Å². The average molecular weight is 194 g/mol. The predicted octanol–water partition coefficient (Wildman–Crippen LogP) is -2.37. The van der Waals surface area contributed by atoms with Crippen LogP contribution in [0.4, 0.5) is 0 Å². The molecule has 0 aromatic carbocycles. The molecule has 0 aromatic heterocycles. The van der Waals surface area contributed by atoms with Gasteiger partial charge in [-0.1, -0.05) is 0 Å². The molecule has 1 aliphatic heterocycles. The SMILES string of the molecule is C=CC1=NC[I-]1. The van der Waals surface area contributed by atoms with Crippen LogP contribution in [-0.4, -0.2) is 8.27 Å². The van der Waals surface area contributed by atoms with Crippen molar-refractivity contribution in [3.63, 3.8) is 0 Å². The van der Waals surface area contributed by atoms with E-state index >= 15 is 0 Å². The number of rotatable bonds is 1. The Kier molecular flexibility index (Phi) is 1.24. The number of alkyl halides is 1. The number of halogens is 1. The third-order valence-corrected chi connectivity index (χ3v) is 2.82. The molecule has 1 nitrogen and oxygen atoms in total. The molecule has 2 heteroatoms. The topological polar surface area (TPSA) is 12.4 Å². The average Bonchev–Trinajstić information content (AvgIpc) is 1.31. The van der Waals surface area contributed by atoms with Crippen molar-refractivity contribution in [2.75, 3.05) is 4.55 Å². The van der Waals surface area contributed by atoms with Gasteiger partial charge in [0.25, 0.3) is 0 Å². The van der Waals surface area contributed by atoms with E-state index in [4.69, 9.17) is 0 Å². The van der Waals surface area contributed by atoms with Crippen LogP contribution in [0.1, 0.15) is 0 Å². The van der Waals surface area contributed by atoms with Crippen molar-refractivity contribution >= 4 is 3.72 Å². The van der Waals surface area contributed by atoms with Crippen LogP contribution in [0.5, 0.6) is 0 Å². The number of hydrogen-bond donors (Lipinski definition) is 0. The van der Waals surface area contributed by atoms with Crippen molar-refractivity contribution in [3.8, 4) is 0 Å². The Morgan fingerprint density at radius 1 is 2.00 bits per heavy atom. The fourth-order valence-corrected chi connectivity index (χ4v) is 1.29. The van der Waals surface area contributed by atoms with Crippen molar-refractivity contribution in [1.29, 1.82) is 0 Å². The van der Waals surface area contributed by atoms with E-state index in [1.165, 1.54) is 3.72 Å². The molecule has 1 aliphatic rings. The van der Waals surface area contributed by atoms with Crippen LogP contribution in [0.2, 0.25) is 0 Å². The summed E-state index contributed by atoms with van der Waals surface area (Å²) in [7, 11) is 0. The molecule has 1 heterocycles. The zero-order chi connectivity index (χ0) is 4.41. The molecular formula is C4H5IN-. The van der Waals surface area contributed by atoms with Crippen LogP contribution in [0.25, 0.3) is 0 Å². The number of nitrogens with zero attached hydrogens (tertiary/aromatic N) is 1. The van der Waals surface area contributed by atoms with Gasteiger partial charge in [0.2, 0.25) is 0 Å². The summed E-state index contributed by atoms with van der Waals surface area (Å²) in [6, 6.07) is 0. The molecule has 1 rings (SSSR count). The van der Waals surface area contributed by atoms with Gasteiger partial charge in [0.1, 0.15) is 0 Å². The third-order valence-electron chi connectivity index (χ3n) is 0.576. The predicted molar refractivity (Wildman–Crippen MR) is 22.5 cm³/mol. The van der Waals surface area contributed by atoms with Gasteiger partial charge in [-0.15, -0.1) is 0 Å². The van der Waals surface area contributed by atoms with E-state index in [0.717, 1.165) is 4.55 Å². The summed E-state index contributed by atoms with van der Waals surface area (Å²) in [4.78, 5) is 4.04. The minimum absolute atomic E-state index is 0.357. The van der Waals surface area contributed by atoms with Crippen LogP contribution in [-0.2, 0) is 0 Å². The molecule has 0 aromatic rings. The Morgan fingerprint density at radius 3 is 2.67 bits per heavy atom. The molecule has 0 atom stereocenters. The van der Waals surface area contributed by atoms with Crippen molar-refractivity contribution in [2.45, 2.75) is 0 Å². The van der Waals surface area contributed by atoms with Crippen molar-refractivity contribution in [2.24, 2.45) is 4.99 Å². The molecule has 0 fully saturated rings. The summed E-state index contributed by atoms with van der Waals surface area (Å²) < 4.78 is 2.40. The van der Waals surface area contributed by atoms with Gasteiger partial charge >= 0.3 is 47.1 Å². The molecule has 0 saturated heterocycles. The Balaban J connectivity index is 2.52. The van der Waals surface area contributed by atoms with Crippen LogP contribution >= 0.6 is 0 Å². The van der Waals surface area contributed by atoms with Gasteiger partial charge in [-0.05, 0) is 0 Å². The fraction of sp³-hybridized carbons (Fsp3) is 0.250. The molecule has 0 bridgehead atoms. The second-order valence-electron chi connectivity index (χ2n) is 0.938. The second-order valence-corrected chi connectivity index (χ2v) is 3.49. The minimum atomic E-state index is 0.357. The molecule has 0 amide bonds. The summed E-state index contributed by atoms with van der Waals surface area (Å²) in [5.74, 6) is 0. The molecule has 0 radical (unpaired) electrons. The van der Waals surface area contributed by atoms with E-state index < -0.39 is 0 Å². The number of hydrogen-bond acceptors (Lipinski definition) is 1. The maximum atomic E-state index is 4.04. The Bertz CT molecular complexity index is 95.7. The van der Waals surface area contributed by atoms with E-state index in [9.17, 15) is 0 Å². The van der Waals surface area contributed by atoms with Gasteiger partial charge in [-0.3, -0.25) is 0 Å². The van der Waals surface area contributed by atoms with Gasteiger partial charge < -0.3 is 0 Å². The van der Waals surface area contributed by atoms with E-state index in [1.54, 1.807) is 0 Å². The molecule has 0 N–H and O–H groups in total. The summed E-state index contributed by atoms with van der Waals surface area (Å²) in [6.45, 7) is 3.58. The van der Waals surface area contributed by atoms with Crippen molar-refractivity contribution < 1.29 is 21.2 Å². The maximum absolute atomic E-state index is 4.04. The molecule has 0 aliphatic carbocycles. The Hall–Kier alpha value is 0.140. The quantitative estimate of drug-likeness (QED) is 0.251. The van der Waals surface area contributed by atoms with Crippen molar-refractivity contribution in [1.82, 2.24) is 0 Å². The normalized spacial score (nSPS) is 19.7. The van der Waals surface area contributed by atoms with Crippen LogP contribution in [0, 0.1) is 0 Å². The summed E-state index contributed by atoms with van der Waals surface area (Å²) in [5, 5.41) is 0. The van der Waals surface area contributed by atoms with Crippen molar-refractivity contribution in [3.05, 3.63) is 12.7 Å². The van der Waals surface area contributed by atoms with Crippen LogP contribution in [0.3, 0.4) is 0 Å². The summed E-state index contributed by atoms with van der Waals surface area (Å²) >= 11 is 0.357. The molecule has 0 unspecified atom stereocenters. The molecular weight excluding hydrogens is 189 g/mol. The first-order valence-corrected chi connectivity index (χ1v) is 4.30. The van der Waals surface area contributed by atoms with Gasteiger partial charge in [0.05, 0.1) is 0 Å². The standard InChI is InChI=1S/C4H5IN/c1-2-4-5-3-6-4/h2H,1,3H2/q-1. The van der Waals surface area contributed by atoms with Crippen LogP contribution in [0.15, 0.2) is 17.6 Å². The monoisotopic (exact) mass is 194 g/mol. The number of aliphatic imine (C=N–C) groups is 1. The Morgan fingerprint density at radius 2 is 2.67 bits per heavy atom. The zero-order valence-corrected chi connectivity index (χ0v) is 5.47. The van der Waals surface area contributed by atoms with Crippen LogP contribution < -0.4 is 21.2 Å². The van der Waals surface area contributed by atoms with E-state index in [0.29, 0.717) is 21.2 Å². The summed E-state index contributed by atoms with van der Waals surface area (Å²) in [6.07, 6.45) is 1.86. The van der Waals surface area contributed by atoms with Gasteiger partial charge in [-0.2, -0.15) is 0 Å². The van der Waals surface area contributed by atoms with E-state index in [-0.39, 0.29) is 0 Å².